The van der Waals surface area contributed by atoms with E-state index in [2.05, 4.69) is 31.1 Å². The maximum absolute atomic E-state index is 11.4. The lowest BCUT2D eigenvalue weighted by Crippen LogP contribution is -2.16. The Morgan fingerprint density at radius 3 is 2.17 bits per heavy atom. The van der Waals surface area contributed by atoms with Crippen molar-refractivity contribution in [2.75, 3.05) is 0 Å². The van der Waals surface area contributed by atoms with Crippen LogP contribution in [0.3, 0.4) is 0 Å². The van der Waals surface area contributed by atoms with E-state index in [1.165, 1.54) is 0 Å². The number of carbonyl (C=O) groups is 1. The van der Waals surface area contributed by atoms with Crippen molar-refractivity contribution in [3.8, 4) is 17.2 Å². The summed E-state index contributed by atoms with van der Waals surface area (Å²) in [6.07, 6.45) is 0. The second kappa shape index (κ2) is 5.88. The van der Waals surface area contributed by atoms with E-state index >= 15 is 0 Å². The summed E-state index contributed by atoms with van der Waals surface area (Å²) in [6.45, 7) is 10.3. The van der Waals surface area contributed by atoms with Gasteiger partial charge >= 0.3 is 5.97 Å². The number of esters is 1. The summed E-state index contributed by atoms with van der Waals surface area (Å²) < 4.78 is 5.20. The largest absolute Gasteiger partial charge is 0.426 e. The lowest BCUT2D eigenvalue weighted by atomic mass is 10.2. The molecule has 0 N–H and O–H groups in total. The molecule has 0 atom stereocenters. The molecule has 0 bridgehead atoms. The molecule has 0 fully saturated rings. The summed E-state index contributed by atoms with van der Waals surface area (Å²) in [4.78, 5) is 11.4. The Hall–Kier alpha value is -1.53. The topological polar surface area (TPSA) is 26.3 Å². The molecule has 96 valence electrons. The number of hydrogen-bond donors (Lipinski definition) is 0. The van der Waals surface area contributed by atoms with E-state index in [-0.39, 0.29) is 11.9 Å². The van der Waals surface area contributed by atoms with Gasteiger partial charge in [0.2, 0.25) is 0 Å². The van der Waals surface area contributed by atoms with Crippen LogP contribution in [-0.4, -0.2) is 14.0 Å². The molecule has 0 aliphatic rings. The molecule has 0 amide bonds. The third-order valence-electron chi connectivity index (χ3n) is 2.13. The van der Waals surface area contributed by atoms with Crippen LogP contribution in [0.2, 0.25) is 19.6 Å². The number of carbonyl (C=O) groups excluding carboxylic acids is 1. The quantitative estimate of drug-likeness (QED) is 0.352. The first-order valence-corrected chi connectivity index (χ1v) is 9.63. The molecule has 18 heavy (non-hydrogen) atoms. The van der Waals surface area contributed by atoms with Gasteiger partial charge in [-0.2, -0.15) is 0 Å². The first-order valence-electron chi connectivity index (χ1n) is 6.13. The Bertz CT molecular complexity index is 470. The fraction of sp³-hybridized carbons (Fsp3) is 0.400. The van der Waals surface area contributed by atoms with Crippen LogP contribution >= 0.6 is 0 Å². The average molecular weight is 260 g/mol. The van der Waals surface area contributed by atoms with Gasteiger partial charge in [0, 0.05) is 5.56 Å². The normalized spacial score (nSPS) is 10.8. The van der Waals surface area contributed by atoms with Gasteiger partial charge < -0.3 is 4.74 Å². The molecule has 0 aliphatic carbocycles. The molecule has 2 nitrogen and oxygen atoms in total. The first-order chi connectivity index (χ1) is 8.28. The van der Waals surface area contributed by atoms with Gasteiger partial charge in [-0.1, -0.05) is 39.4 Å². The molecular formula is C15H20O2Si. The van der Waals surface area contributed by atoms with Crippen LogP contribution in [0.15, 0.2) is 24.3 Å². The molecule has 0 saturated heterocycles. The SMILES string of the molecule is CC(C)C(=O)Oc1ccc(C#C[Si](C)(C)C)cc1. The molecule has 0 saturated carbocycles. The molecule has 1 aromatic carbocycles. The summed E-state index contributed by atoms with van der Waals surface area (Å²) in [5, 5.41) is 0. The maximum atomic E-state index is 11.4. The van der Waals surface area contributed by atoms with Gasteiger partial charge in [0.25, 0.3) is 0 Å². The van der Waals surface area contributed by atoms with Crippen LogP contribution in [-0.2, 0) is 4.79 Å². The summed E-state index contributed by atoms with van der Waals surface area (Å²) >= 11 is 0. The summed E-state index contributed by atoms with van der Waals surface area (Å²) in [6, 6.07) is 7.34. The van der Waals surface area contributed by atoms with Crippen LogP contribution in [0, 0.1) is 17.4 Å². The van der Waals surface area contributed by atoms with Gasteiger partial charge in [0.05, 0.1) is 5.92 Å². The molecule has 0 radical (unpaired) electrons. The van der Waals surface area contributed by atoms with Crippen molar-refractivity contribution in [1.82, 2.24) is 0 Å². The van der Waals surface area contributed by atoms with Crippen LogP contribution in [0.1, 0.15) is 19.4 Å². The van der Waals surface area contributed by atoms with Gasteiger partial charge in [-0.15, -0.1) is 5.54 Å². The standard InChI is InChI=1S/C15H20O2Si/c1-12(2)15(16)17-14-8-6-13(7-9-14)10-11-18(3,4)5/h6-9,12H,1-5H3. The van der Waals surface area contributed by atoms with E-state index in [9.17, 15) is 4.79 Å². The maximum Gasteiger partial charge on any atom is 0.313 e. The van der Waals surface area contributed by atoms with E-state index in [0.29, 0.717) is 5.75 Å². The minimum atomic E-state index is -1.34. The molecular weight excluding hydrogens is 240 g/mol. The van der Waals surface area contributed by atoms with Crippen molar-refractivity contribution in [3.63, 3.8) is 0 Å². The molecule has 3 heteroatoms. The van der Waals surface area contributed by atoms with Gasteiger partial charge in [0.1, 0.15) is 13.8 Å². The summed E-state index contributed by atoms with van der Waals surface area (Å²) in [7, 11) is -1.34. The molecule has 0 spiro atoms. The van der Waals surface area contributed by atoms with E-state index in [4.69, 9.17) is 4.74 Å². The van der Waals surface area contributed by atoms with Crippen molar-refractivity contribution in [3.05, 3.63) is 29.8 Å². The second-order valence-electron chi connectivity index (χ2n) is 5.60. The van der Waals surface area contributed by atoms with Crippen molar-refractivity contribution in [2.24, 2.45) is 5.92 Å². The summed E-state index contributed by atoms with van der Waals surface area (Å²) in [5.41, 5.74) is 4.26. The Kier molecular flexibility index (Phi) is 4.74. The van der Waals surface area contributed by atoms with E-state index in [1.54, 1.807) is 12.1 Å². The molecule has 1 rings (SSSR count). The highest BCUT2D eigenvalue weighted by Crippen LogP contribution is 2.13. The second-order valence-corrected chi connectivity index (χ2v) is 10.4. The smallest absolute Gasteiger partial charge is 0.313 e. The van der Waals surface area contributed by atoms with Crippen molar-refractivity contribution in [2.45, 2.75) is 33.5 Å². The predicted molar refractivity (Wildman–Crippen MR) is 77.1 cm³/mol. The third kappa shape index (κ3) is 5.20. The van der Waals surface area contributed by atoms with Crippen LogP contribution in [0.4, 0.5) is 0 Å². The number of benzene rings is 1. The zero-order valence-electron chi connectivity index (χ0n) is 11.7. The van der Waals surface area contributed by atoms with Gasteiger partial charge in [-0.3, -0.25) is 4.79 Å². The predicted octanol–water partition coefficient (Wildman–Crippen LogP) is 3.48. The fourth-order valence-electron chi connectivity index (χ4n) is 1.10. The molecule has 1 aromatic rings. The zero-order valence-corrected chi connectivity index (χ0v) is 12.7. The fourth-order valence-corrected chi connectivity index (χ4v) is 1.62. The van der Waals surface area contributed by atoms with Crippen LogP contribution in [0.25, 0.3) is 0 Å². The van der Waals surface area contributed by atoms with E-state index < -0.39 is 8.07 Å². The zero-order chi connectivity index (χ0) is 13.8. The number of ether oxygens (including phenoxy) is 1. The van der Waals surface area contributed by atoms with Gasteiger partial charge in [-0.05, 0) is 24.3 Å². The Labute approximate surface area is 110 Å². The van der Waals surface area contributed by atoms with Crippen molar-refractivity contribution < 1.29 is 9.53 Å². The van der Waals surface area contributed by atoms with Crippen LogP contribution < -0.4 is 4.74 Å². The van der Waals surface area contributed by atoms with Gasteiger partial charge in [-0.25, -0.2) is 0 Å². The highest BCUT2D eigenvalue weighted by molar-refractivity contribution is 6.83. The number of rotatable bonds is 2. The minimum absolute atomic E-state index is 0.114. The van der Waals surface area contributed by atoms with Crippen molar-refractivity contribution in [1.29, 1.82) is 0 Å². The lowest BCUT2D eigenvalue weighted by molar-refractivity contribution is -0.137. The lowest BCUT2D eigenvalue weighted by Gasteiger charge is -2.06. The number of hydrogen-bond acceptors (Lipinski definition) is 2. The molecule has 0 heterocycles. The summed E-state index contributed by atoms with van der Waals surface area (Å²) in [5.74, 6) is 3.41. The third-order valence-corrected chi connectivity index (χ3v) is 3.00. The monoisotopic (exact) mass is 260 g/mol. The Morgan fingerprint density at radius 2 is 1.72 bits per heavy atom. The van der Waals surface area contributed by atoms with Crippen molar-refractivity contribution >= 4 is 14.0 Å². The van der Waals surface area contributed by atoms with Gasteiger partial charge in [0.15, 0.2) is 0 Å². The highest BCUT2D eigenvalue weighted by Gasteiger charge is 2.09. The van der Waals surface area contributed by atoms with E-state index in [1.807, 2.05) is 26.0 Å². The molecule has 0 aromatic heterocycles. The Balaban J connectivity index is 2.74. The molecule has 0 unspecified atom stereocenters. The van der Waals surface area contributed by atoms with E-state index in [0.717, 1.165) is 5.56 Å². The Morgan fingerprint density at radius 1 is 1.17 bits per heavy atom. The highest BCUT2D eigenvalue weighted by atomic mass is 28.3. The minimum Gasteiger partial charge on any atom is -0.426 e. The van der Waals surface area contributed by atoms with Crippen LogP contribution in [0.5, 0.6) is 5.75 Å². The average Bonchev–Trinajstić information content (AvgIpc) is 2.27. The molecule has 0 aliphatic heterocycles. The first kappa shape index (κ1) is 14.5.